The highest BCUT2D eigenvalue weighted by atomic mass is 32.2. The van der Waals surface area contributed by atoms with Crippen molar-refractivity contribution in [2.75, 3.05) is 13.7 Å². The molecular weight excluding hydrogens is 442 g/mol. The van der Waals surface area contributed by atoms with Gasteiger partial charge in [-0.2, -0.15) is 0 Å². The van der Waals surface area contributed by atoms with Crippen LogP contribution in [-0.4, -0.2) is 45.4 Å². The van der Waals surface area contributed by atoms with Gasteiger partial charge >= 0.3 is 0 Å². The maximum Gasteiger partial charge on any atom is 0.269 e. The van der Waals surface area contributed by atoms with Crippen molar-refractivity contribution in [1.82, 2.24) is 20.1 Å². The van der Waals surface area contributed by atoms with Gasteiger partial charge in [0.15, 0.2) is 11.0 Å². The van der Waals surface area contributed by atoms with E-state index in [9.17, 15) is 14.9 Å². The normalized spacial score (nSPS) is 11.8. The van der Waals surface area contributed by atoms with Gasteiger partial charge < -0.3 is 10.1 Å². The van der Waals surface area contributed by atoms with Crippen molar-refractivity contribution in [2.45, 2.75) is 43.8 Å². The molecule has 1 aromatic heterocycles. The van der Waals surface area contributed by atoms with Crippen LogP contribution in [0.15, 0.2) is 53.7 Å². The zero-order chi connectivity index (χ0) is 23.8. The molecule has 1 N–H and O–H groups in total. The quantitative estimate of drug-likeness (QED) is 0.253. The summed E-state index contributed by atoms with van der Waals surface area (Å²) >= 11 is 1.53. The predicted octanol–water partition coefficient (Wildman–Crippen LogP) is 4.32. The van der Waals surface area contributed by atoms with Gasteiger partial charge in [-0.1, -0.05) is 30.8 Å². The summed E-state index contributed by atoms with van der Waals surface area (Å²) in [4.78, 5) is 22.8. The number of hydrogen-bond donors (Lipinski definition) is 1. The van der Waals surface area contributed by atoms with E-state index in [4.69, 9.17) is 4.74 Å². The van der Waals surface area contributed by atoms with Gasteiger partial charge in [0, 0.05) is 42.2 Å². The fourth-order valence-electron chi connectivity index (χ4n) is 3.03. The van der Waals surface area contributed by atoms with Gasteiger partial charge in [0.05, 0.1) is 18.1 Å². The summed E-state index contributed by atoms with van der Waals surface area (Å²) in [5.74, 6) is 1.20. The summed E-state index contributed by atoms with van der Waals surface area (Å²) in [5.41, 5.74) is 2.45. The second-order valence-electron chi connectivity index (χ2n) is 7.52. The number of amides is 1. The van der Waals surface area contributed by atoms with Crippen molar-refractivity contribution in [2.24, 2.45) is 0 Å². The largest absolute Gasteiger partial charge is 0.383 e. The van der Waals surface area contributed by atoms with Crippen LogP contribution in [0.1, 0.15) is 36.2 Å². The second kappa shape index (κ2) is 11.6. The first-order valence-electron chi connectivity index (χ1n) is 10.6. The van der Waals surface area contributed by atoms with Crippen LogP contribution in [0.25, 0.3) is 11.4 Å². The molecule has 0 fully saturated rings. The minimum absolute atomic E-state index is 0.0255. The third-order valence-corrected chi connectivity index (χ3v) is 6.18. The molecule has 9 nitrogen and oxygen atoms in total. The number of non-ortho nitro benzene ring substituents is 1. The van der Waals surface area contributed by atoms with Gasteiger partial charge in [-0.15, -0.1) is 10.2 Å². The van der Waals surface area contributed by atoms with Crippen molar-refractivity contribution in [3.05, 3.63) is 69.8 Å². The molecule has 0 bridgehead atoms. The smallest absolute Gasteiger partial charge is 0.269 e. The number of nitrogens with zero attached hydrogens (tertiary/aromatic N) is 4. The topological polar surface area (TPSA) is 112 Å². The average molecular weight is 470 g/mol. The summed E-state index contributed by atoms with van der Waals surface area (Å²) in [6.45, 7) is 5.04. The number of aromatic nitrogens is 3. The highest BCUT2D eigenvalue weighted by molar-refractivity contribution is 7.98. The third-order valence-electron chi connectivity index (χ3n) is 5.15. The highest BCUT2D eigenvalue weighted by Gasteiger charge is 2.16. The highest BCUT2D eigenvalue weighted by Crippen LogP contribution is 2.27. The molecule has 0 radical (unpaired) electrons. The Labute approximate surface area is 196 Å². The number of benzene rings is 2. The van der Waals surface area contributed by atoms with Crippen LogP contribution in [0.4, 0.5) is 5.69 Å². The number of thioether (sulfide) groups is 1. The molecule has 1 amide bonds. The van der Waals surface area contributed by atoms with E-state index in [1.54, 1.807) is 19.2 Å². The maximum absolute atomic E-state index is 12.3. The molecule has 1 atom stereocenters. The molecule has 0 spiro atoms. The molecule has 3 rings (SSSR count). The summed E-state index contributed by atoms with van der Waals surface area (Å²) in [6.07, 6.45) is 0.881. The number of ether oxygens (including phenoxy) is 1. The summed E-state index contributed by atoms with van der Waals surface area (Å²) < 4.78 is 7.18. The Morgan fingerprint density at radius 1 is 1.18 bits per heavy atom. The van der Waals surface area contributed by atoms with Crippen molar-refractivity contribution in [1.29, 1.82) is 0 Å². The minimum Gasteiger partial charge on any atom is -0.383 e. The van der Waals surface area contributed by atoms with Crippen molar-refractivity contribution < 1.29 is 14.5 Å². The van der Waals surface area contributed by atoms with E-state index in [0.29, 0.717) is 30.3 Å². The molecule has 174 valence electrons. The number of nitro benzene ring substituents is 1. The van der Waals surface area contributed by atoms with E-state index >= 15 is 0 Å². The molecule has 3 aromatic rings. The van der Waals surface area contributed by atoms with Crippen LogP contribution in [0, 0.1) is 10.1 Å². The first-order valence-corrected chi connectivity index (χ1v) is 11.6. The zero-order valence-corrected chi connectivity index (χ0v) is 19.7. The van der Waals surface area contributed by atoms with Crippen LogP contribution >= 0.6 is 11.8 Å². The van der Waals surface area contributed by atoms with E-state index in [0.717, 1.165) is 22.7 Å². The minimum atomic E-state index is -0.431. The van der Waals surface area contributed by atoms with Crippen LogP contribution < -0.4 is 5.32 Å². The Morgan fingerprint density at radius 2 is 1.88 bits per heavy atom. The summed E-state index contributed by atoms with van der Waals surface area (Å²) in [7, 11) is 1.63. The lowest BCUT2D eigenvalue weighted by Gasteiger charge is -2.12. The SMILES string of the molecule is CCC(C)NC(=O)c1ccc(CSc2nnc(-c3ccc([N+](=O)[O-])cc3)n2CCOC)cc1. The third kappa shape index (κ3) is 6.39. The lowest BCUT2D eigenvalue weighted by Crippen LogP contribution is -2.31. The van der Waals surface area contributed by atoms with E-state index in [1.807, 2.05) is 42.7 Å². The van der Waals surface area contributed by atoms with E-state index in [2.05, 4.69) is 15.5 Å². The number of rotatable bonds is 11. The first-order chi connectivity index (χ1) is 15.9. The molecule has 0 aliphatic carbocycles. The number of methoxy groups -OCH3 is 1. The number of carbonyl (C=O) groups is 1. The molecule has 1 heterocycles. The monoisotopic (exact) mass is 469 g/mol. The van der Waals surface area contributed by atoms with E-state index in [-0.39, 0.29) is 17.6 Å². The maximum atomic E-state index is 12.3. The van der Waals surface area contributed by atoms with Gasteiger partial charge in [-0.25, -0.2) is 0 Å². The van der Waals surface area contributed by atoms with E-state index < -0.39 is 4.92 Å². The molecule has 10 heteroatoms. The van der Waals surface area contributed by atoms with Gasteiger partial charge in [-0.3, -0.25) is 19.5 Å². The van der Waals surface area contributed by atoms with Crippen LogP contribution in [0.5, 0.6) is 0 Å². The number of nitrogens with one attached hydrogen (secondary N) is 1. The van der Waals surface area contributed by atoms with Crippen molar-refractivity contribution >= 4 is 23.4 Å². The Bertz CT molecular complexity index is 1080. The second-order valence-corrected chi connectivity index (χ2v) is 8.47. The molecular formula is C23H27N5O4S. The number of nitro groups is 1. The molecule has 2 aromatic carbocycles. The van der Waals surface area contributed by atoms with Crippen LogP contribution in [0.3, 0.4) is 0 Å². The van der Waals surface area contributed by atoms with Crippen molar-refractivity contribution in [3.63, 3.8) is 0 Å². The molecule has 0 saturated carbocycles. The standard InChI is InChI=1S/C23H27N5O4S/c1-4-16(2)24-22(29)19-7-5-17(6-8-19)15-33-23-26-25-21(27(23)13-14-32-3)18-9-11-20(12-10-18)28(30)31/h5-12,16H,4,13-15H2,1-3H3,(H,24,29). The van der Waals surface area contributed by atoms with Gasteiger partial charge in [0.25, 0.3) is 11.6 Å². The molecule has 0 aliphatic rings. The molecule has 0 saturated heterocycles. The zero-order valence-electron chi connectivity index (χ0n) is 18.9. The predicted molar refractivity (Wildman–Crippen MR) is 127 cm³/mol. The Kier molecular flexibility index (Phi) is 8.56. The number of carbonyl (C=O) groups excluding carboxylic acids is 1. The van der Waals surface area contributed by atoms with Crippen LogP contribution in [-0.2, 0) is 17.0 Å². The number of hydrogen-bond acceptors (Lipinski definition) is 7. The van der Waals surface area contributed by atoms with Gasteiger partial charge in [0.2, 0.25) is 0 Å². The summed E-state index contributed by atoms with van der Waals surface area (Å²) in [6, 6.07) is 13.9. The average Bonchev–Trinajstić information content (AvgIpc) is 3.24. The summed E-state index contributed by atoms with van der Waals surface area (Å²) in [5, 5.41) is 23.3. The lowest BCUT2D eigenvalue weighted by molar-refractivity contribution is -0.384. The molecule has 0 aliphatic heterocycles. The van der Waals surface area contributed by atoms with Crippen molar-refractivity contribution in [3.8, 4) is 11.4 Å². The van der Waals surface area contributed by atoms with E-state index in [1.165, 1.54) is 23.9 Å². The van der Waals surface area contributed by atoms with Gasteiger partial charge in [0.1, 0.15) is 0 Å². The van der Waals surface area contributed by atoms with Gasteiger partial charge in [-0.05, 0) is 43.2 Å². The fraction of sp³-hybridized carbons (Fsp3) is 0.348. The Hall–Kier alpha value is -3.24. The first kappa shape index (κ1) is 24.4. The van der Waals surface area contributed by atoms with Crippen LogP contribution in [0.2, 0.25) is 0 Å². The Morgan fingerprint density at radius 3 is 2.48 bits per heavy atom. The lowest BCUT2D eigenvalue weighted by atomic mass is 10.1. The Balaban J connectivity index is 1.73. The molecule has 33 heavy (non-hydrogen) atoms. The molecule has 1 unspecified atom stereocenters. The fourth-order valence-corrected chi connectivity index (χ4v) is 3.96.